The van der Waals surface area contributed by atoms with Gasteiger partial charge in [-0.2, -0.15) is 0 Å². The van der Waals surface area contributed by atoms with Crippen molar-refractivity contribution in [2.45, 2.75) is 25.2 Å². The number of benzene rings is 4. The molecule has 2 aliphatic rings. The Morgan fingerprint density at radius 3 is 2.57 bits per heavy atom. The normalized spacial score (nSPS) is 16.6. The number of carbonyl (C=O) groups is 1. The topological polar surface area (TPSA) is 82.8 Å². The molecule has 0 bridgehead atoms. The highest BCUT2D eigenvalue weighted by Crippen LogP contribution is 2.56. The molecule has 0 amide bonds. The van der Waals surface area contributed by atoms with Crippen LogP contribution in [0.4, 0.5) is 8.78 Å². The quantitative estimate of drug-likeness (QED) is 0.218. The molecular formula is C32H23ClF2N2O5. The fourth-order valence-electron chi connectivity index (χ4n) is 5.78. The van der Waals surface area contributed by atoms with Gasteiger partial charge in [0.1, 0.15) is 29.0 Å². The summed E-state index contributed by atoms with van der Waals surface area (Å²) in [5, 5.41) is 9.99. The van der Waals surface area contributed by atoms with Crippen molar-refractivity contribution in [1.29, 1.82) is 0 Å². The highest BCUT2D eigenvalue weighted by molar-refractivity contribution is 6.30. The van der Waals surface area contributed by atoms with Crippen LogP contribution in [-0.4, -0.2) is 34.3 Å². The highest BCUT2D eigenvalue weighted by atomic mass is 35.5. The number of para-hydroxylation sites is 1. The zero-order valence-electron chi connectivity index (χ0n) is 22.2. The molecule has 1 N–H and O–H groups in total. The van der Waals surface area contributed by atoms with Gasteiger partial charge in [0.25, 0.3) is 0 Å². The molecule has 2 atom stereocenters. The van der Waals surface area contributed by atoms with Crippen molar-refractivity contribution < 1.29 is 32.9 Å². The average Bonchev–Trinajstić information content (AvgIpc) is 3.62. The van der Waals surface area contributed by atoms with Crippen LogP contribution in [0.1, 0.15) is 45.1 Å². The monoisotopic (exact) mass is 588 g/mol. The van der Waals surface area contributed by atoms with E-state index in [0.29, 0.717) is 57.7 Å². The molecule has 10 heteroatoms. The predicted molar refractivity (Wildman–Crippen MR) is 151 cm³/mol. The van der Waals surface area contributed by atoms with Crippen LogP contribution in [0.2, 0.25) is 5.02 Å². The molecule has 2 unspecified atom stereocenters. The standard InChI is InChI=1S/C32H23ClF2N2O5/c1-40-10-9-37-26-13-16(32(38)39)5-8-25(26)36-28(37)15-22-23(34)11-17(12-24(22)35)19-3-2-4-21-29(19)42-30-20-7-6-18(33)14-27(20)41-31(21)30/h2-8,11-14,30-31H,9-10,15H2,1H3,(H,38,39). The van der Waals surface area contributed by atoms with Gasteiger partial charge in [0.05, 0.1) is 23.2 Å². The first-order valence-corrected chi connectivity index (χ1v) is 13.7. The molecule has 0 saturated carbocycles. The maximum absolute atomic E-state index is 15.7. The first-order chi connectivity index (χ1) is 20.3. The number of carboxylic acid groups (broad SMARTS) is 1. The van der Waals surface area contributed by atoms with Gasteiger partial charge in [-0.05, 0) is 54.1 Å². The molecule has 0 fully saturated rings. The van der Waals surface area contributed by atoms with Crippen molar-refractivity contribution in [3.8, 4) is 22.6 Å². The van der Waals surface area contributed by atoms with Gasteiger partial charge in [-0.15, -0.1) is 0 Å². The second kappa shape index (κ2) is 10.1. The molecule has 3 heterocycles. The minimum Gasteiger partial charge on any atom is -0.481 e. The van der Waals surface area contributed by atoms with Crippen molar-refractivity contribution in [1.82, 2.24) is 9.55 Å². The Bertz CT molecular complexity index is 1880. The van der Waals surface area contributed by atoms with Gasteiger partial charge in [-0.25, -0.2) is 18.6 Å². The maximum Gasteiger partial charge on any atom is 0.335 e. The Hall–Kier alpha value is -4.47. The molecule has 0 aliphatic carbocycles. The van der Waals surface area contributed by atoms with Gasteiger partial charge in [0.2, 0.25) is 0 Å². The summed E-state index contributed by atoms with van der Waals surface area (Å²) in [6.07, 6.45) is -0.910. The number of aromatic carboxylic acids is 1. The van der Waals surface area contributed by atoms with E-state index in [2.05, 4.69) is 4.98 Å². The molecule has 4 aromatic carbocycles. The van der Waals surface area contributed by atoms with E-state index in [4.69, 9.17) is 25.8 Å². The number of fused-ring (bicyclic) bond motifs is 6. The van der Waals surface area contributed by atoms with E-state index in [0.717, 1.165) is 11.1 Å². The van der Waals surface area contributed by atoms with Crippen LogP contribution in [0.25, 0.3) is 22.2 Å². The van der Waals surface area contributed by atoms with Crippen LogP contribution in [-0.2, 0) is 17.7 Å². The average molecular weight is 589 g/mol. The third-order valence-corrected chi connectivity index (χ3v) is 8.02. The summed E-state index contributed by atoms with van der Waals surface area (Å²) in [4.78, 5) is 16.1. The highest BCUT2D eigenvalue weighted by Gasteiger charge is 2.45. The lowest BCUT2D eigenvalue weighted by molar-refractivity contribution is 0.0697. The van der Waals surface area contributed by atoms with Gasteiger partial charge in [-0.3, -0.25) is 0 Å². The van der Waals surface area contributed by atoms with E-state index in [-0.39, 0.29) is 29.8 Å². The van der Waals surface area contributed by atoms with Gasteiger partial charge in [-0.1, -0.05) is 29.8 Å². The number of halogens is 3. The molecule has 2 aliphatic heterocycles. The molecule has 5 aromatic rings. The number of hydrogen-bond donors (Lipinski definition) is 1. The Morgan fingerprint density at radius 1 is 1.02 bits per heavy atom. The Kier molecular flexibility index (Phi) is 6.36. The smallest absolute Gasteiger partial charge is 0.335 e. The molecule has 1 aromatic heterocycles. The minimum atomic E-state index is -1.08. The summed E-state index contributed by atoms with van der Waals surface area (Å²) in [6, 6.07) is 18.0. The lowest BCUT2D eigenvalue weighted by atomic mass is 9.97. The summed E-state index contributed by atoms with van der Waals surface area (Å²) in [5.74, 6) is -0.961. The predicted octanol–water partition coefficient (Wildman–Crippen LogP) is 7.14. The molecule has 212 valence electrons. The number of imidazole rings is 1. The lowest BCUT2D eigenvalue weighted by Crippen LogP contribution is -2.10. The summed E-state index contributed by atoms with van der Waals surface area (Å²) in [6.45, 7) is 0.641. The number of rotatable bonds is 7. The lowest BCUT2D eigenvalue weighted by Gasteiger charge is -2.14. The van der Waals surface area contributed by atoms with Gasteiger partial charge >= 0.3 is 5.97 Å². The fraction of sp³-hybridized carbons (Fsp3) is 0.188. The number of methoxy groups -OCH3 is 1. The van der Waals surface area contributed by atoms with E-state index >= 15 is 8.78 Å². The van der Waals surface area contributed by atoms with Crippen molar-refractivity contribution >= 4 is 28.6 Å². The van der Waals surface area contributed by atoms with Gasteiger partial charge < -0.3 is 23.9 Å². The molecule has 0 saturated heterocycles. The number of ether oxygens (including phenoxy) is 3. The summed E-state index contributed by atoms with van der Waals surface area (Å²) in [5.41, 5.74) is 3.57. The van der Waals surface area contributed by atoms with Crippen LogP contribution < -0.4 is 9.47 Å². The summed E-state index contributed by atoms with van der Waals surface area (Å²) >= 11 is 6.12. The number of nitrogens with zero attached hydrogens (tertiary/aromatic N) is 2. The minimum absolute atomic E-state index is 0.0915. The fourth-order valence-corrected chi connectivity index (χ4v) is 5.94. The van der Waals surface area contributed by atoms with Crippen molar-refractivity contribution in [2.75, 3.05) is 13.7 Å². The van der Waals surface area contributed by atoms with Crippen molar-refractivity contribution in [3.63, 3.8) is 0 Å². The van der Waals surface area contributed by atoms with E-state index < -0.39 is 17.6 Å². The van der Waals surface area contributed by atoms with E-state index in [9.17, 15) is 9.90 Å². The zero-order valence-corrected chi connectivity index (χ0v) is 23.0. The van der Waals surface area contributed by atoms with E-state index in [1.54, 1.807) is 28.8 Å². The summed E-state index contributed by atoms with van der Waals surface area (Å²) < 4.78 is 50.7. The van der Waals surface area contributed by atoms with E-state index in [1.807, 2.05) is 18.2 Å². The second-order valence-electron chi connectivity index (χ2n) is 10.3. The van der Waals surface area contributed by atoms with Crippen LogP contribution in [0, 0.1) is 11.6 Å². The van der Waals surface area contributed by atoms with Crippen LogP contribution in [0.5, 0.6) is 11.5 Å². The Morgan fingerprint density at radius 2 is 1.81 bits per heavy atom. The number of hydrogen-bond acceptors (Lipinski definition) is 5. The van der Waals surface area contributed by atoms with Gasteiger partial charge in [0.15, 0.2) is 12.2 Å². The van der Waals surface area contributed by atoms with Crippen LogP contribution in [0.3, 0.4) is 0 Å². The van der Waals surface area contributed by atoms with Crippen LogP contribution in [0.15, 0.2) is 66.7 Å². The molecule has 7 rings (SSSR count). The second-order valence-corrected chi connectivity index (χ2v) is 10.7. The number of aromatic nitrogens is 2. The maximum atomic E-state index is 15.7. The van der Waals surface area contributed by atoms with Crippen molar-refractivity contribution in [2.24, 2.45) is 0 Å². The van der Waals surface area contributed by atoms with Crippen LogP contribution >= 0.6 is 11.6 Å². The Labute approximate surface area is 243 Å². The van der Waals surface area contributed by atoms with Crippen molar-refractivity contribution in [3.05, 3.63) is 111 Å². The largest absolute Gasteiger partial charge is 0.481 e. The Balaban J connectivity index is 1.23. The molecular weight excluding hydrogens is 566 g/mol. The molecule has 0 radical (unpaired) electrons. The SMILES string of the molecule is COCCn1c(Cc2c(F)cc(-c3cccc4c3OC3c5ccc(Cl)cc5OC43)cc2F)nc2ccc(C(=O)O)cc21. The number of carboxylic acids is 1. The first-order valence-electron chi connectivity index (χ1n) is 13.3. The summed E-state index contributed by atoms with van der Waals surface area (Å²) in [7, 11) is 1.54. The zero-order chi connectivity index (χ0) is 29.1. The molecule has 0 spiro atoms. The molecule has 42 heavy (non-hydrogen) atoms. The molecule has 7 nitrogen and oxygen atoms in total. The van der Waals surface area contributed by atoms with E-state index in [1.165, 1.54) is 31.4 Å². The van der Waals surface area contributed by atoms with Gasteiger partial charge in [0, 0.05) is 47.4 Å². The third-order valence-electron chi connectivity index (χ3n) is 7.79. The first kappa shape index (κ1) is 26.4. The third kappa shape index (κ3) is 4.28.